The summed E-state index contributed by atoms with van der Waals surface area (Å²) in [5.41, 5.74) is 3.31. The molecule has 0 saturated carbocycles. The van der Waals surface area contributed by atoms with Crippen LogP contribution in [0.25, 0.3) is 0 Å². The minimum Gasteiger partial charge on any atom is -0.343 e. The molecule has 1 saturated heterocycles. The van der Waals surface area contributed by atoms with Crippen LogP contribution in [0.5, 0.6) is 0 Å². The minimum absolute atomic E-state index is 0.0160. The van der Waals surface area contributed by atoms with Gasteiger partial charge >= 0.3 is 0 Å². The number of nitrogens with one attached hydrogen (secondary N) is 1. The smallest absolute Gasteiger partial charge is 0.228 e. The summed E-state index contributed by atoms with van der Waals surface area (Å²) in [4.78, 5) is 25.9. The Morgan fingerprint density at radius 1 is 1.23 bits per heavy atom. The van der Waals surface area contributed by atoms with Crippen LogP contribution in [0, 0.1) is 19.8 Å². The fourth-order valence-electron chi connectivity index (χ4n) is 3.42. The predicted molar refractivity (Wildman–Crippen MR) is 101 cm³/mol. The number of piperidine rings is 1. The molecule has 0 radical (unpaired) electrons. The Morgan fingerprint density at radius 3 is 2.62 bits per heavy atom. The van der Waals surface area contributed by atoms with E-state index >= 15 is 0 Å². The molecule has 1 aliphatic heterocycles. The van der Waals surface area contributed by atoms with Crippen LogP contribution < -0.4 is 5.32 Å². The van der Waals surface area contributed by atoms with Gasteiger partial charge < -0.3 is 10.2 Å². The highest BCUT2D eigenvalue weighted by molar-refractivity contribution is 5.92. The summed E-state index contributed by atoms with van der Waals surface area (Å²) in [6, 6.07) is 8.28. The van der Waals surface area contributed by atoms with E-state index in [9.17, 15) is 9.59 Å². The van der Waals surface area contributed by atoms with Crippen LogP contribution in [0.3, 0.4) is 0 Å². The van der Waals surface area contributed by atoms with Crippen molar-refractivity contribution in [1.29, 1.82) is 0 Å². The second-order valence-electron chi connectivity index (χ2n) is 7.09. The molecule has 1 aliphatic rings. The maximum atomic E-state index is 12.7. The van der Waals surface area contributed by atoms with Gasteiger partial charge in [-0.3, -0.25) is 9.59 Å². The molecule has 6 nitrogen and oxygen atoms in total. The van der Waals surface area contributed by atoms with E-state index in [4.69, 9.17) is 0 Å². The second-order valence-corrected chi connectivity index (χ2v) is 7.09. The maximum absolute atomic E-state index is 12.7. The van der Waals surface area contributed by atoms with Crippen molar-refractivity contribution in [1.82, 2.24) is 14.7 Å². The summed E-state index contributed by atoms with van der Waals surface area (Å²) in [6.45, 7) is 7.51. The van der Waals surface area contributed by atoms with E-state index in [0.717, 1.165) is 16.9 Å². The van der Waals surface area contributed by atoms with Crippen molar-refractivity contribution in [3.63, 3.8) is 0 Å². The van der Waals surface area contributed by atoms with Crippen LogP contribution >= 0.6 is 0 Å². The summed E-state index contributed by atoms with van der Waals surface area (Å²) < 4.78 is 1.84. The highest BCUT2D eigenvalue weighted by Gasteiger charge is 2.27. The largest absolute Gasteiger partial charge is 0.343 e. The summed E-state index contributed by atoms with van der Waals surface area (Å²) in [5.74, 6) is 0.788. The van der Waals surface area contributed by atoms with E-state index in [2.05, 4.69) is 35.5 Å². The van der Waals surface area contributed by atoms with Gasteiger partial charge in [-0.15, -0.1) is 0 Å². The third-order valence-electron chi connectivity index (χ3n) is 4.99. The van der Waals surface area contributed by atoms with E-state index in [1.165, 1.54) is 5.56 Å². The zero-order valence-corrected chi connectivity index (χ0v) is 15.7. The molecule has 3 rings (SSSR count). The fourth-order valence-corrected chi connectivity index (χ4v) is 3.42. The van der Waals surface area contributed by atoms with Crippen molar-refractivity contribution >= 4 is 17.6 Å². The Kier molecular flexibility index (Phi) is 5.40. The molecule has 2 amide bonds. The zero-order valence-electron chi connectivity index (χ0n) is 15.7. The molecule has 0 unspecified atom stereocenters. The monoisotopic (exact) mass is 354 g/mol. The van der Waals surface area contributed by atoms with E-state index in [1.807, 2.05) is 17.7 Å². The molecular weight excluding hydrogens is 328 g/mol. The molecule has 6 heteroatoms. The van der Waals surface area contributed by atoms with Gasteiger partial charge in [0.15, 0.2) is 0 Å². The highest BCUT2D eigenvalue weighted by atomic mass is 16.2. The third-order valence-corrected chi connectivity index (χ3v) is 4.99. The Balaban J connectivity index is 1.67. The van der Waals surface area contributed by atoms with Crippen molar-refractivity contribution in [2.45, 2.75) is 40.2 Å². The fraction of sp³-hybridized carbons (Fsp3) is 0.450. The van der Waals surface area contributed by atoms with E-state index in [1.54, 1.807) is 18.0 Å². The van der Waals surface area contributed by atoms with Gasteiger partial charge in [-0.1, -0.05) is 29.8 Å². The van der Waals surface area contributed by atoms with Gasteiger partial charge in [-0.05, 0) is 32.3 Å². The zero-order chi connectivity index (χ0) is 18.7. The average Bonchev–Trinajstić information content (AvgIpc) is 2.95. The average molecular weight is 354 g/mol. The van der Waals surface area contributed by atoms with Crippen LogP contribution in [0.15, 0.2) is 30.5 Å². The lowest BCUT2D eigenvalue weighted by molar-refractivity contribution is -0.132. The SMILES string of the molecule is CC(=O)N1CCC(C(=O)Nc2c(C)cnn2Cc2cccc(C)c2)CC1. The second kappa shape index (κ2) is 7.72. The number of aryl methyl sites for hydroxylation is 2. The topological polar surface area (TPSA) is 67.2 Å². The molecule has 0 atom stereocenters. The molecule has 2 aromatic rings. The van der Waals surface area contributed by atoms with Crippen molar-refractivity contribution in [2.24, 2.45) is 5.92 Å². The van der Waals surface area contributed by atoms with Crippen molar-refractivity contribution in [2.75, 3.05) is 18.4 Å². The first-order chi connectivity index (χ1) is 12.4. The summed E-state index contributed by atoms with van der Waals surface area (Å²) in [6.07, 6.45) is 3.19. The first kappa shape index (κ1) is 18.2. The van der Waals surface area contributed by atoms with Crippen molar-refractivity contribution in [3.8, 4) is 0 Å². The van der Waals surface area contributed by atoms with Gasteiger partial charge in [0.1, 0.15) is 5.82 Å². The molecule has 0 aliphatic carbocycles. The van der Waals surface area contributed by atoms with Gasteiger partial charge in [0.25, 0.3) is 0 Å². The normalized spacial score (nSPS) is 15.1. The number of amides is 2. The van der Waals surface area contributed by atoms with E-state index in [-0.39, 0.29) is 17.7 Å². The number of carbonyl (C=O) groups is 2. The molecule has 1 aromatic carbocycles. The number of benzene rings is 1. The number of rotatable bonds is 4. The third kappa shape index (κ3) is 4.12. The number of hydrogen-bond acceptors (Lipinski definition) is 3. The number of anilines is 1. The maximum Gasteiger partial charge on any atom is 0.228 e. The Hall–Kier alpha value is -2.63. The van der Waals surface area contributed by atoms with Gasteiger partial charge in [-0.25, -0.2) is 4.68 Å². The number of likely N-dealkylation sites (tertiary alicyclic amines) is 1. The number of carbonyl (C=O) groups excluding carboxylic acids is 2. The molecule has 1 N–H and O–H groups in total. The molecule has 1 aromatic heterocycles. The van der Waals surface area contributed by atoms with Gasteiger partial charge in [-0.2, -0.15) is 5.10 Å². The highest BCUT2D eigenvalue weighted by Crippen LogP contribution is 2.22. The van der Waals surface area contributed by atoms with Crippen LogP contribution in [-0.2, 0) is 16.1 Å². The van der Waals surface area contributed by atoms with Crippen molar-refractivity contribution in [3.05, 3.63) is 47.2 Å². The Morgan fingerprint density at radius 2 is 1.96 bits per heavy atom. The number of nitrogens with zero attached hydrogens (tertiary/aromatic N) is 3. The van der Waals surface area contributed by atoms with Crippen LogP contribution in [-0.4, -0.2) is 39.6 Å². The first-order valence-electron chi connectivity index (χ1n) is 9.08. The van der Waals surface area contributed by atoms with Crippen LogP contribution in [0.2, 0.25) is 0 Å². The van der Waals surface area contributed by atoms with Crippen LogP contribution in [0.1, 0.15) is 36.5 Å². The van der Waals surface area contributed by atoms with E-state index in [0.29, 0.717) is 32.5 Å². The minimum atomic E-state index is -0.0627. The molecule has 1 fully saturated rings. The first-order valence-corrected chi connectivity index (χ1v) is 9.08. The molecule has 26 heavy (non-hydrogen) atoms. The Labute approximate surface area is 154 Å². The quantitative estimate of drug-likeness (QED) is 0.918. The molecule has 2 heterocycles. The molecule has 0 bridgehead atoms. The van der Waals surface area contributed by atoms with Gasteiger partial charge in [0.05, 0.1) is 12.7 Å². The molecule has 0 spiro atoms. The lowest BCUT2D eigenvalue weighted by Gasteiger charge is -2.30. The van der Waals surface area contributed by atoms with E-state index < -0.39 is 0 Å². The Bertz CT molecular complexity index is 804. The molecular formula is C20H26N4O2. The number of hydrogen-bond donors (Lipinski definition) is 1. The summed E-state index contributed by atoms with van der Waals surface area (Å²) in [7, 11) is 0. The number of aromatic nitrogens is 2. The van der Waals surface area contributed by atoms with Gasteiger partial charge in [0, 0.05) is 31.5 Å². The lowest BCUT2D eigenvalue weighted by atomic mass is 9.96. The van der Waals surface area contributed by atoms with Crippen molar-refractivity contribution < 1.29 is 9.59 Å². The predicted octanol–water partition coefficient (Wildman–Crippen LogP) is 2.75. The lowest BCUT2D eigenvalue weighted by Crippen LogP contribution is -2.40. The standard InChI is InChI=1S/C20H26N4O2/c1-14-5-4-6-17(11-14)13-24-19(15(2)12-21-24)22-20(26)18-7-9-23(10-8-18)16(3)25/h4-6,11-12,18H,7-10,13H2,1-3H3,(H,22,26). The summed E-state index contributed by atoms with van der Waals surface area (Å²) in [5, 5.41) is 7.49. The molecule has 138 valence electrons. The van der Waals surface area contributed by atoms with Gasteiger partial charge in [0.2, 0.25) is 11.8 Å². The summed E-state index contributed by atoms with van der Waals surface area (Å²) >= 11 is 0. The van der Waals surface area contributed by atoms with Crippen LogP contribution in [0.4, 0.5) is 5.82 Å².